The molecule has 3 aromatic rings. The fourth-order valence-corrected chi connectivity index (χ4v) is 2.56. The van der Waals surface area contributed by atoms with Crippen LogP contribution in [0, 0.1) is 16.4 Å². The van der Waals surface area contributed by atoms with Crippen LogP contribution in [0.3, 0.4) is 0 Å². The number of hydrogen-bond acceptors (Lipinski definition) is 3. The van der Waals surface area contributed by atoms with E-state index < -0.39 is 17.2 Å². The largest absolute Gasteiger partial charge is 0.331 e. The van der Waals surface area contributed by atoms with E-state index >= 15 is 0 Å². The fraction of sp³-hybridized carbons (Fsp3) is 0. The van der Waals surface area contributed by atoms with E-state index in [0.29, 0.717) is 11.2 Å². The quantitative estimate of drug-likeness (QED) is 0.609. The van der Waals surface area contributed by atoms with Gasteiger partial charge in [0.05, 0.1) is 10.9 Å². The summed E-state index contributed by atoms with van der Waals surface area (Å²) >= 11 is 10.2. The second kappa shape index (κ2) is 6.46. The van der Waals surface area contributed by atoms with Crippen molar-refractivity contribution in [2.24, 2.45) is 0 Å². The minimum absolute atomic E-state index is 0.0259. The summed E-state index contributed by atoms with van der Waals surface area (Å²) in [5.41, 5.74) is 2.86. The molecular weight excluding hydrogens is 354 g/mol. The van der Waals surface area contributed by atoms with E-state index in [1.807, 2.05) is 0 Å². The lowest BCUT2D eigenvalue weighted by atomic mass is 10.2. The Morgan fingerprint density at radius 1 is 1.12 bits per heavy atom. The van der Waals surface area contributed by atoms with E-state index in [1.54, 1.807) is 6.07 Å². The summed E-state index contributed by atoms with van der Waals surface area (Å²) in [6.45, 7) is 0. The molecule has 0 aliphatic carbocycles. The van der Waals surface area contributed by atoms with Gasteiger partial charge in [-0.3, -0.25) is 10.2 Å². The molecule has 9 heteroatoms. The number of halogens is 2. The zero-order chi connectivity index (χ0) is 17.3. The Morgan fingerprint density at radius 2 is 1.88 bits per heavy atom. The maximum Gasteiger partial charge on any atom is 0.281 e. The van der Waals surface area contributed by atoms with Crippen LogP contribution in [0.1, 0.15) is 0 Å². The van der Waals surface area contributed by atoms with Gasteiger partial charge in [0.1, 0.15) is 11.6 Å². The van der Waals surface area contributed by atoms with Gasteiger partial charge in [-0.25, -0.2) is 8.78 Å². The van der Waals surface area contributed by atoms with E-state index in [1.165, 1.54) is 30.3 Å². The molecule has 1 aromatic heterocycles. The second-order valence-corrected chi connectivity index (χ2v) is 5.63. The Bertz CT molecular complexity index is 1060. The van der Waals surface area contributed by atoms with Crippen molar-refractivity contribution in [2.75, 3.05) is 10.7 Å². The standard InChI is InChI=1S/C15H10F2N4OS2/c16-8-2-1-3-10(6-8)18-14(23)20-21-13(22)11-7-9(17)4-5-12(11)19-15(21)24/h1-7H,(H,19,24)(H2,18,20,23). The first-order valence-corrected chi connectivity index (χ1v) is 7.54. The molecule has 0 spiro atoms. The Kier molecular flexibility index (Phi) is 4.36. The molecular formula is C15H10F2N4OS2. The van der Waals surface area contributed by atoms with Gasteiger partial charge in [-0.15, -0.1) is 0 Å². The molecule has 3 N–H and O–H groups in total. The van der Waals surface area contributed by atoms with Crippen LogP contribution in [0.4, 0.5) is 14.5 Å². The van der Waals surface area contributed by atoms with Crippen molar-refractivity contribution in [3.05, 3.63) is 69.2 Å². The first kappa shape index (κ1) is 16.2. The lowest BCUT2D eigenvalue weighted by Crippen LogP contribution is -2.36. The molecule has 0 unspecified atom stereocenters. The molecule has 0 aliphatic rings. The number of hydrogen-bond donors (Lipinski definition) is 3. The van der Waals surface area contributed by atoms with Crippen LogP contribution < -0.4 is 16.3 Å². The number of H-pyrrole nitrogens is 1. The average molecular weight is 364 g/mol. The molecule has 0 radical (unpaired) electrons. The van der Waals surface area contributed by atoms with Crippen LogP contribution in [0.5, 0.6) is 0 Å². The molecule has 122 valence electrons. The normalized spacial score (nSPS) is 10.6. The predicted octanol–water partition coefficient (Wildman–Crippen LogP) is 3.28. The van der Waals surface area contributed by atoms with E-state index in [0.717, 1.165) is 10.7 Å². The topological polar surface area (TPSA) is 61.9 Å². The zero-order valence-corrected chi connectivity index (χ0v) is 13.6. The molecule has 0 aliphatic heterocycles. The summed E-state index contributed by atoms with van der Waals surface area (Å²) in [5.74, 6) is -0.976. The number of anilines is 1. The minimum Gasteiger partial charge on any atom is -0.331 e. The lowest BCUT2D eigenvalue weighted by molar-refractivity contribution is 0.628. The Labute approximate surface area is 144 Å². The molecule has 0 atom stereocenters. The third-order valence-corrected chi connectivity index (χ3v) is 3.63. The van der Waals surface area contributed by atoms with E-state index in [2.05, 4.69) is 15.7 Å². The van der Waals surface area contributed by atoms with Gasteiger partial charge in [0.15, 0.2) is 9.88 Å². The molecule has 24 heavy (non-hydrogen) atoms. The highest BCUT2D eigenvalue weighted by molar-refractivity contribution is 7.80. The fourth-order valence-electron chi connectivity index (χ4n) is 2.11. The summed E-state index contributed by atoms with van der Waals surface area (Å²) in [6.07, 6.45) is 0. The van der Waals surface area contributed by atoms with Gasteiger partial charge in [-0.05, 0) is 60.8 Å². The first-order valence-electron chi connectivity index (χ1n) is 6.72. The summed E-state index contributed by atoms with van der Waals surface area (Å²) in [7, 11) is 0. The van der Waals surface area contributed by atoms with Gasteiger partial charge in [0.25, 0.3) is 5.56 Å². The number of rotatable bonds is 2. The maximum atomic E-state index is 13.4. The lowest BCUT2D eigenvalue weighted by Gasteiger charge is -2.13. The molecule has 3 rings (SSSR count). The summed E-state index contributed by atoms with van der Waals surface area (Å²) in [6, 6.07) is 9.40. The average Bonchev–Trinajstić information content (AvgIpc) is 2.52. The molecule has 0 fully saturated rings. The van der Waals surface area contributed by atoms with E-state index in [-0.39, 0.29) is 15.3 Å². The number of nitrogens with one attached hydrogen (secondary N) is 3. The van der Waals surface area contributed by atoms with Crippen molar-refractivity contribution in [1.29, 1.82) is 0 Å². The van der Waals surface area contributed by atoms with Crippen LogP contribution in [0.15, 0.2) is 47.3 Å². The van der Waals surface area contributed by atoms with Crippen LogP contribution in [-0.4, -0.2) is 14.8 Å². The van der Waals surface area contributed by atoms with Gasteiger partial charge in [0, 0.05) is 5.69 Å². The molecule has 2 aromatic carbocycles. The second-order valence-electron chi connectivity index (χ2n) is 4.84. The third kappa shape index (κ3) is 3.31. The molecule has 0 saturated carbocycles. The van der Waals surface area contributed by atoms with Crippen molar-refractivity contribution >= 4 is 46.1 Å². The van der Waals surface area contributed by atoms with Crippen molar-refractivity contribution in [3.63, 3.8) is 0 Å². The molecule has 1 heterocycles. The third-order valence-electron chi connectivity index (χ3n) is 3.16. The maximum absolute atomic E-state index is 13.4. The van der Waals surface area contributed by atoms with Crippen molar-refractivity contribution in [1.82, 2.24) is 9.66 Å². The van der Waals surface area contributed by atoms with Gasteiger partial charge in [-0.2, -0.15) is 4.68 Å². The highest BCUT2D eigenvalue weighted by Gasteiger charge is 2.08. The first-order chi connectivity index (χ1) is 11.4. The monoisotopic (exact) mass is 364 g/mol. The van der Waals surface area contributed by atoms with Gasteiger partial charge in [-0.1, -0.05) is 6.07 Å². The number of nitrogens with zero attached hydrogens (tertiary/aromatic N) is 1. The highest BCUT2D eigenvalue weighted by atomic mass is 32.1. The highest BCUT2D eigenvalue weighted by Crippen LogP contribution is 2.10. The van der Waals surface area contributed by atoms with E-state index in [9.17, 15) is 13.6 Å². The van der Waals surface area contributed by atoms with Crippen molar-refractivity contribution in [3.8, 4) is 0 Å². The van der Waals surface area contributed by atoms with Crippen molar-refractivity contribution in [2.45, 2.75) is 0 Å². The summed E-state index contributed by atoms with van der Waals surface area (Å²) in [4.78, 5) is 15.2. The number of thiocarbonyl (C=S) groups is 1. The van der Waals surface area contributed by atoms with Gasteiger partial charge < -0.3 is 10.3 Å². The Morgan fingerprint density at radius 3 is 2.62 bits per heavy atom. The molecule has 0 amide bonds. The number of fused-ring (bicyclic) bond motifs is 1. The zero-order valence-electron chi connectivity index (χ0n) is 12.0. The van der Waals surface area contributed by atoms with Crippen molar-refractivity contribution < 1.29 is 8.78 Å². The van der Waals surface area contributed by atoms with Crippen LogP contribution in [0.2, 0.25) is 0 Å². The minimum atomic E-state index is -0.559. The van der Waals surface area contributed by atoms with E-state index in [4.69, 9.17) is 24.4 Å². The van der Waals surface area contributed by atoms with Gasteiger partial charge in [0.2, 0.25) is 0 Å². The number of benzene rings is 2. The molecule has 0 bridgehead atoms. The van der Waals surface area contributed by atoms with Crippen LogP contribution in [-0.2, 0) is 0 Å². The molecule has 5 nitrogen and oxygen atoms in total. The summed E-state index contributed by atoms with van der Waals surface area (Å²) in [5, 5.41) is 2.87. The van der Waals surface area contributed by atoms with Gasteiger partial charge >= 0.3 is 0 Å². The SMILES string of the molecule is O=c1c2cc(F)ccc2[nH]c(=S)n1NC(=S)Nc1cccc(F)c1. The number of aromatic amines is 1. The Balaban J connectivity index is 1.93. The number of aromatic nitrogens is 2. The van der Waals surface area contributed by atoms with Crippen LogP contribution >= 0.6 is 24.4 Å². The molecule has 0 saturated heterocycles. The summed E-state index contributed by atoms with van der Waals surface area (Å²) < 4.78 is 27.6. The predicted molar refractivity (Wildman–Crippen MR) is 95.3 cm³/mol. The smallest absolute Gasteiger partial charge is 0.281 e. The Hall–Kier alpha value is -2.65. The van der Waals surface area contributed by atoms with Crippen LogP contribution in [0.25, 0.3) is 10.9 Å².